The molecule has 0 unspecified atom stereocenters. The number of nitrogens with one attached hydrogen (secondary N) is 1. The molecule has 1 saturated heterocycles. The van der Waals surface area contributed by atoms with E-state index in [1.807, 2.05) is 0 Å². The Morgan fingerprint density at radius 1 is 1.05 bits per heavy atom. The van der Waals surface area contributed by atoms with Gasteiger partial charge in [-0.15, -0.1) is 0 Å². The SMILES string of the molecule is Cc1cc2cccc(B3OC(C)(C)C(C)(C)O3)c2[nH]1. The highest BCUT2D eigenvalue weighted by Crippen LogP contribution is 2.36. The molecule has 1 aliphatic heterocycles. The first-order chi connectivity index (χ1) is 8.80. The molecule has 0 aliphatic carbocycles. The number of hydrogen-bond donors (Lipinski definition) is 1. The summed E-state index contributed by atoms with van der Waals surface area (Å²) in [6.07, 6.45) is 0. The van der Waals surface area contributed by atoms with Crippen molar-refractivity contribution in [3.63, 3.8) is 0 Å². The van der Waals surface area contributed by atoms with Gasteiger partial charge in [0.2, 0.25) is 0 Å². The molecule has 0 atom stereocenters. The number of fused-ring (bicyclic) bond motifs is 1. The topological polar surface area (TPSA) is 34.2 Å². The fraction of sp³-hybridized carbons (Fsp3) is 0.467. The van der Waals surface area contributed by atoms with Gasteiger partial charge < -0.3 is 14.3 Å². The lowest BCUT2D eigenvalue weighted by Gasteiger charge is -2.32. The second kappa shape index (κ2) is 3.87. The maximum absolute atomic E-state index is 6.13. The molecule has 2 heterocycles. The van der Waals surface area contributed by atoms with Crippen molar-refractivity contribution in [3.8, 4) is 0 Å². The van der Waals surface area contributed by atoms with Crippen LogP contribution >= 0.6 is 0 Å². The van der Waals surface area contributed by atoms with Crippen molar-refractivity contribution in [3.05, 3.63) is 30.0 Å². The summed E-state index contributed by atoms with van der Waals surface area (Å²) in [5.41, 5.74) is 2.73. The van der Waals surface area contributed by atoms with Gasteiger partial charge in [-0.3, -0.25) is 0 Å². The summed E-state index contributed by atoms with van der Waals surface area (Å²) in [4.78, 5) is 3.40. The number of benzene rings is 1. The van der Waals surface area contributed by atoms with Gasteiger partial charge in [-0.1, -0.05) is 18.2 Å². The van der Waals surface area contributed by atoms with Crippen molar-refractivity contribution >= 4 is 23.5 Å². The monoisotopic (exact) mass is 257 g/mol. The van der Waals surface area contributed by atoms with Crippen molar-refractivity contribution in [1.29, 1.82) is 0 Å². The standard InChI is InChI=1S/C15H20BNO2/c1-10-9-11-7-6-8-12(13(11)17-10)16-18-14(2,3)15(4,5)19-16/h6-9,17H,1-5H3. The van der Waals surface area contributed by atoms with Crippen LogP contribution in [0.5, 0.6) is 0 Å². The predicted molar refractivity (Wildman–Crippen MR) is 78.8 cm³/mol. The Morgan fingerprint density at radius 3 is 2.32 bits per heavy atom. The van der Waals surface area contributed by atoms with Crippen LogP contribution in [-0.4, -0.2) is 23.3 Å². The van der Waals surface area contributed by atoms with Gasteiger partial charge in [-0.2, -0.15) is 0 Å². The van der Waals surface area contributed by atoms with Crippen LogP contribution in [0.15, 0.2) is 24.3 Å². The normalized spacial score (nSPS) is 21.2. The Morgan fingerprint density at radius 2 is 1.68 bits per heavy atom. The molecular formula is C15H20BNO2. The van der Waals surface area contributed by atoms with Crippen molar-refractivity contribution < 1.29 is 9.31 Å². The van der Waals surface area contributed by atoms with Gasteiger partial charge in [0.1, 0.15) is 0 Å². The zero-order valence-corrected chi connectivity index (χ0v) is 12.2. The van der Waals surface area contributed by atoms with Crippen molar-refractivity contribution in [2.75, 3.05) is 0 Å². The van der Waals surface area contributed by atoms with Crippen LogP contribution in [0.1, 0.15) is 33.4 Å². The summed E-state index contributed by atoms with van der Waals surface area (Å²) in [5.74, 6) is 0. The molecule has 0 bridgehead atoms. The molecule has 2 aromatic rings. The number of hydrogen-bond acceptors (Lipinski definition) is 2. The van der Waals surface area contributed by atoms with E-state index in [1.165, 1.54) is 5.39 Å². The third-order valence-corrected chi connectivity index (χ3v) is 4.33. The molecule has 19 heavy (non-hydrogen) atoms. The number of aromatic amines is 1. The van der Waals surface area contributed by atoms with E-state index >= 15 is 0 Å². The Hall–Kier alpha value is -1.26. The van der Waals surface area contributed by atoms with Gasteiger partial charge >= 0.3 is 7.12 Å². The molecule has 0 amide bonds. The Labute approximate surface area is 114 Å². The van der Waals surface area contributed by atoms with Crippen LogP contribution in [0.25, 0.3) is 10.9 Å². The Bertz CT molecular complexity index is 614. The lowest BCUT2D eigenvalue weighted by molar-refractivity contribution is 0.00578. The number of para-hydroxylation sites is 1. The molecular weight excluding hydrogens is 237 g/mol. The fourth-order valence-electron chi connectivity index (χ4n) is 2.49. The van der Waals surface area contributed by atoms with Crippen LogP contribution in [0.2, 0.25) is 0 Å². The lowest BCUT2D eigenvalue weighted by Crippen LogP contribution is -2.41. The molecule has 0 radical (unpaired) electrons. The lowest BCUT2D eigenvalue weighted by atomic mass is 9.78. The van der Waals surface area contributed by atoms with Gasteiger partial charge in [0, 0.05) is 16.7 Å². The minimum absolute atomic E-state index is 0.304. The van der Waals surface area contributed by atoms with E-state index in [0.717, 1.165) is 16.7 Å². The maximum atomic E-state index is 6.13. The van der Waals surface area contributed by atoms with Gasteiger partial charge in [0.05, 0.1) is 11.2 Å². The molecule has 100 valence electrons. The van der Waals surface area contributed by atoms with Gasteiger partial charge in [0.25, 0.3) is 0 Å². The van der Waals surface area contributed by atoms with E-state index in [1.54, 1.807) is 0 Å². The molecule has 1 N–H and O–H groups in total. The van der Waals surface area contributed by atoms with E-state index in [9.17, 15) is 0 Å². The quantitative estimate of drug-likeness (QED) is 0.797. The molecule has 3 rings (SSSR count). The minimum atomic E-state index is -0.313. The zero-order valence-electron chi connectivity index (χ0n) is 12.2. The maximum Gasteiger partial charge on any atom is 0.497 e. The van der Waals surface area contributed by atoms with Gasteiger partial charge in [0.15, 0.2) is 0 Å². The molecule has 1 aromatic heterocycles. The first-order valence-electron chi connectivity index (χ1n) is 6.74. The average Bonchev–Trinajstić information content (AvgIpc) is 2.75. The number of aryl methyl sites for hydroxylation is 1. The minimum Gasteiger partial charge on any atom is -0.399 e. The highest BCUT2D eigenvalue weighted by atomic mass is 16.7. The van der Waals surface area contributed by atoms with E-state index in [-0.39, 0.29) is 18.3 Å². The zero-order chi connectivity index (χ0) is 13.8. The first-order valence-corrected chi connectivity index (χ1v) is 6.74. The second-order valence-electron chi connectivity index (χ2n) is 6.35. The largest absolute Gasteiger partial charge is 0.497 e. The third kappa shape index (κ3) is 1.90. The smallest absolute Gasteiger partial charge is 0.399 e. The second-order valence-corrected chi connectivity index (χ2v) is 6.35. The predicted octanol–water partition coefficient (Wildman–Crippen LogP) is 2.78. The highest BCUT2D eigenvalue weighted by Gasteiger charge is 2.52. The first kappa shape index (κ1) is 12.8. The molecule has 1 aliphatic rings. The summed E-state index contributed by atoms with van der Waals surface area (Å²) in [6, 6.07) is 8.37. The van der Waals surface area contributed by atoms with E-state index in [2.05, 4.69) is 63.9 Å². The molecule has 0 saturated carbocycles. The molecule has 3 nitrogen and oxygen atoms in total. The van der Waals surface area contributed by atoms with Gasteiger partial charge in [-0.05, 0) is 46.1 Å². The molecule has 4 heteroatoms. The Balaban J connectivity index is 2.07. The van der Waals surface area contributed by atoms with E-state index in [4.69, 9.17) is 9.31 Å². The van der Waals surface area contributed by atoms with Crippen LogP contribution in [0, 0.1) is 6.92 Å². The molecule has 0 spiro atoms. The van der Waals surface area contributed by atoms with Crippen LogP contribution in [0.3, 0.4) is 0 Å². The van der Waals surface area contributed by atoms with Crippen LogP contribution in [-0.2, 0) is 9.31 Å². The number of aromatic nitrogens is 1. The fourth-order valence-corrected chi connectivity index (χ4v) is 2.49. The van der Waals surface area contributed by atoms with E-state index in [0.29, 0.717) is 0 Å². The Kier molecular flexibility index (Phi) is 2.60. The van der Waals surface area contributed by atoms with Crippen LogP contribution in [0.4, 0.5) is 0 Å². The van der Waals surface area contributed by atoms with E-state index < -0.39 is 0 Å². The number of H-pyrrole nitrogens is 1. The van der Waals surface area contributed by atoms with Crippen LogP contribution < -0.4 is 5.46 Å². The average molecular weight is 257 g/mol. The highest BCUT2D eigenvalue weighted by molar-refractivity contribution is 6.65. The summed E-state index contributed by atoms with van der Waals surface area (Å²) in [5, 5.41) is 1.20. The molecule has 1 fully saturated rings. The summed E-state index contributed by atoms with van der Waals surface area (Å²) >= 11 is 0. The van der Waals surface area contributed by atoms with Crippen molar-refractivity contribution in [2.24, 2.45) is 0 Å². The third-order valence-electron chi connectivity index (χ3n) is 4.33. The summed E-state index contributed by atoms with van der Waals surface area (Å²) in [6.45, 7) is 10.4. The summed E-state index contributed by atoms with van der Waals surface area (Å²) < 4.78 is 12.3. The summed E-state index contributed by atoms with van der Waals surface area (Å²) in [7, 11) is -0.313. The van der Waals surface area contributed by atoms with Gasteiger partial charge in [-0.25, -0.2) is 0 Å². The number of rotatable bonds is 1. The van der Waals surface area contributed by atoms with Crippen molar-refractivity contribution in [2.45, 2.75) is 45.8 Å². The molecule has 1 aromatic carbocycles. The van der Waals surface area contributed by atoms with Crippen molar-refractivity contribution in [1.82, 2.24) is 4.98 Å².